The summed E-state index contributed by atoms with van der Waals surface area (Å²) in [6.07, 6.45) is 2.69. The molecule has 1 aliphatic rings. The van der Waals surface area contributed by atoms with E-state index < -0.39 is 0 Å². The minimum absolute atomic E-state index is 0.0576. The van der Waals surface area contributed by atoms with Gasteiger partial charge in [0.05, 0.1) is 0 Å². The number of aromatic amines is 1. The van der Waals surface area contributed by atoms with E-state index in [1.807, 2.05) is 37.4 Å². The average Bonchev–Trinajstić information content (AvgIpc) is 2.98. The fraction of sp³-hybridized carbons (Fsp3) is 0.286. The van der Waals surface area contributed by atoms with Gasteiger partial charge in [0.25, 0.3) is 0 Å². The van der Waals surface area contributed by atoms with Crippen molar-refractivity contribution >= 4 is 22.5 Å². The number of rotatable bonds is 2. The predicted octanol–water partition coefficient (Wildman–Crippen LogP) is 4.24. The molecule has 0 saturated heterocycles. The summed E-state index contributed by atoms with van der Waals surface area (Å²) in [5, 5.41) is 1.28. The first-order valence-electron chi connectivity index (χ1n) is 8.56. The molecule has 122 valence electrons. The van der Waals surface area contributed by atoms with Crippen LogP contribution in [0, 0.1) is 12.8 Å². The van der Waals surface area contributed by atoms with Gasteiger partial charge >= 0.3 is 0 Å². The third-order valence-electron chi connectivity index (χ3n) is 5.17. The second-order valence-corrected chi connectivity index (χ2v) is 6.80. The Bertz CT molecular complexity index is 895. The van der Waals surface area contributed by atoms with Gasteiger partial charge in [-0.2, -0.15) is 0 Å². The number of nitrogens with zero attached hydrogens (tertiary/aromatic N) is 1. The van der Waals surface area contributed by atoms with Gasteiger partial charge in [0, 0.05) is 35.2 Å². The van der Waals surface area contributed by atoms with Gasteiger partial charge in [-0.3, -0.25) is 4.79 Å². The Morgan fingerprint density at radius 3 is 2.75 bits per heavy atom. The molecule has 1 aromatic heterocycles. The van der Waals surface area contributed by atoms with E-state index in [0.717, 1.165) is 24.9 Å². The maximum atomic E-state index is 12.9. The molecule has 3 heteroatoms. The highest BCUT2D eigenvalue weighted by Crippen LogP contribution is 2.33. The van der Waals surface area contributed by atoms with E-state index in [4.69, 9.17) is 0 Å². The monoisotopic (exact) mass is 318 g/mol. The number of benzene rings is 2. The number of amides is 1. The number of nitrogens with one attached hydrogen (secondary N) is 1. The molecule has 1 amide bonds. The molecule has 1 unspecified atom stereocenters. The van der Waals surface area contributed by atoms with Crippen molar-refractivity contribution < 1.29 is 4.79 Å². The zero-order chi connectivity index (χ0) is 16.7. The molecule has 0 radical (unpaired) electrons. The van der Waals surface area contributed by atoms with Crippen LogP contribution >= 0.6 is 0 Å². The lowest BCUT2D eigenvalue weighted by Crippen LogP contribution is -2.35. The van der Waals surface area contributed by atoms with Crippen molar-refractivity contribution in [3.8, 4) is 0 Å². The molecule has 1 N–H and O–H groups in total. The molecule has 2 aromatic carbocycles. The first kappa shape index (κ1) is 15.0. The van der Waals surface area contributed by atoms with Crippen LogP contribution in [0.2, 0.25) is 0 Å². The largest absolute Gasteiger partial charge is 0.358 e. The van der Waals surface area contributed by atoms with Gasteiger partial charge in [-0.25, -0.2) is 0 Å². The molecular formula is C21H22N2O. The lowest BCUT2D eigenvalue weighted by Gasteiger charge is -2.27. The summed E-state index contributed by atoms with van der Waals surface area (Å²) in [4.78, 5) is 18.3. The Morgan fingerprint density at radius 2 is 1.96 bits per heavy atom. The van der Waals surface area contributed by atoms with Crippen molar-refractivity contribution in [1.82, 2.24) is 4.98 Å². The number of hydrogen-bond donors (Lipinski definition) is 1. The van der Waals surface area contributed by atoms with Gasteiger partial charge in [-0.05, 0) is 56.0 Å². The molecule has 1 atom stereocenters. The lowest BCUT2D eigenvalue weighted by molar-refractivity contribution is -0.122. The number of anilines is 1. The number of aryl methyl sites for hydroxylation is 2. The summed E-state index contributed by atoms with van der Waals surface area (Å²) in [6, 6.07) is 16.4. The molecular weight excluding hydrogens is 296 g/mol. The molecule has 1 heterocycles. The Hall–Kier alpha value is -2.55. The quantitative estimate of drug-likeness (QED) is 0.753. The van der Waals surface area contributed by atoms with Crippen LogP contribution in [0.1, 0.15) is 23.2 Å². The van der Waals surface area contributed by atoms with E-state index in [0.29, 0.717) is 0 Å². The van der Waals surface area contributed by atoms with Crippen LogP contribution < -0.4 is 4.90 Å². The summed E-state index contributed by atoms with van der Waals surface area (Å²) in [5.74, 6) is 0.274. The fourth-order valence-corrected chi connectivity index (χ4v) is 3.79. The smallest absolute Gasteiger partial charge is 0.230 e. The van der Waals surface area contributed by atoms with Crippen LogP contribution in [-0.4, -0.2) is 17.9 Å². The second kappa shape index (κ2) is 5.82. The van der Waals surface area contributed by atoms with Crippen molar-refractivity contribution in [2.75, 3.05) is 11.9 Å². The Balaban J connectivity index is 1.63. The van der Waals surface area contributed by atoms with Gasteiger partial charge in [0.2, 0.25) is 5.91 Å². The lowest BCUT2D eigenvalue weighted by atomic mass is 9.85. The van der Waals surface area contributed by atoms with Gasteiger partial charge in [0.15, 0.2) is 0 Å². The van der Waals surface area contributed by atoms with E-state index in [-0.39, 0.29) is 11.8 Å². The number of carbonyl (C=O) groups is 1. The maximum Gasteiger partial charge on any atom is 0.230 e. The molecule has 4 rings (SSSR count). The molecule has 24 heavy (non-hydrogen) atoms. The second-order valence-electron chi connectivity index (χ2n) is 6.80. The first-order chi connectivity index (χ1) is 11.6. The first-order valence-corrected chi connectivity index (χ1v) is 8.56. The zero-order valence-electron chi connectivity index (χ0n) is 14.2. The highest BCUT2D eigenvalue weighted by atomic mass is 16.2. The van der Waals surface area contributed by atoms with Crippen LogP contribution in [0.5, 0.6) is 0 Å². The van der Waals surface area contributed by atoms with Crippen LogP contribution in [0.25, 0.3) is 10.9 Å². The molecule has 1 aliphatic carbocycles. The van der Waals surface area contributed by atoms with Crippen molar-refractivity contribution in [3.05, 3.63) is 65.4 Å². The Labute approximate surface area is 142 Å². The Kier molecular flexibility index (Phi) is 3.64. The van der Waals surface area contributed by atoms with Crippen LogP contribution in [-0.2, 0) is 17.6 Å². The van der Waals surface area contributed by atoms with Gasteiger partial charge in [-0.15, -0.1) is 0 Å². The fourth-order valence-electron chi connectivity index (χ4n) is 3.79. The van der Waals surface area contributed by atoms with Gasteiger partial charge in [0.1, 0.15) is 0 Å². The number of aromatic nitrogens is 1. The number of carbonyl (C=O) groups excluding carboxylic acids is 1. The highest BCUT2D eigenvalue weighted by molar-refractivity contribution is 5.95. The summed E-state index contributed by atoms with van der Waals surface area (Å²) in [7, 11) is 1.88. The minimum atomic E-state index is 0.0576. The summed E-state index contributed by atoms with van der Waals surface area (Å²) >= 11 is 0. The van der Waals surface area contributed by atoms with Gasteiger partial charge in [-0.1, -0.05) is 29.8 Å². The molecule has 3 aromatic rings. The minimum Gasteiger partial charge on any atom is -0.358 e. The van der Waals surface area contributed by atoms with Crippen LogP contribution in [0.3, 0.4) is 0 Å². The van der Waals surface area contributed by atoms with Crippen molar-refractivity contribution in [2.45, 2.75) is 26.2 Å². The van der Waals surface area contributed by atoms with E-state index in [1.165, 1.54) is 27.7 Å². The third-order valence-corrected chi connectivity index (χ3v) is 5.17. The summed E-state index contributed by atoms with van der Waals surface area (Å²) < 4.78 is 0. The topological polar surface area (TPSA) is 36.1 Å². The molecule has 0 fully saturated rings. The Morgan fingerprint density at radius 1 is 1.17 bits per heavy atom. The maximum absolute atomic E-state index is 12.9. The van der Waals surface area contributed by atoms with E-state index >= 15 is 0 Å². The van der Waals surface area contributed by atoms with Crippen molar-refractivity contribution in [1.29, 1.82) is 0 Å². The van der Waals surface area contributed by atoms with E-state index in [2.05, 4.69) is 30.1 Å². The van der Waals surface area contributed by atoms with Crippen LogP contribution in [0.4, 0.5) is 5.69 Å². The predicted molar refractivity (Wildman–Crippen MR) is 98.4 cm³/mol. The SMILES string of the molecule is Cc1ccc2[nH]c3c(c2c1)CC(C(=O)N(C)c1ccccc1)CC3. The van der Waals surface area contributed by atoms with E-state index in [9.17, 15) is 4.79 Å². The summed E-state index contributed by atoms with van der Waals surface area (Å²) in [5.41, 5.74) is 6.05. The molecule has 0 bridgehead atoms. The van der Waals surface area contributed by atoms with E-state index in [1.54, 1.807) is 4.90 Å². The summed E-state index contributed by atoms with van der Waals surface area (Å²) in [6.45, 7) is 2.12. The molecule has 3 nitrogen and oxygen atoms in total. The number of hydrogen-bond acceptors (Lipinski definition) is 1. The number of fused-ring (bicyclic) bond motifs is 3. The number of para-hydroxylation sites is 1. The highest BCUT2D eigenvalue weighted by Gasteiger charge is 2.29. The third kappa shape index (κ3) is 2.50. The molecule has 0 aliphatic heterocycles. The average molecular weight is 318 g/mol. The van der Waals surface area contributed by atoms with Crippen molar-refractivity contribution in [2.24, 2.45) is 5.92 Å². The molecule has 0 saturated carbocycles. The normalized spacial score (nSPS) is 16.8. The zero-order valence-corrected chi connectivity index (χ0v) is 14.2. The molecule has 0 spiro atoms. The standard InChI is InChI=1S/C21H22N2O/c1-14-8-10-19-17(12-14)18-13-15(9-11-20(18)22-19)21(24)23(2)16-6-4-3-5-7-16/h3-8,10,12,15,22H,9,11,13H2,1-2H3. The van der Waals surface area contributed by atoms with Gasteiger partial charge < -0.3 is 9.88 Å². The number of H-pyrrole nitrogens is 1. The van der Waals surface area contributed by atoms with Crippen molar-refractivity contribution in [3.63, 3.8) is 0 Å². The van der Waals surface area contributed by atoms with Crippen LogP contribution in [0.15, 0.2) is 48.5 Å².